The maximum Gasteiger partial charge on any atom is 0.238 e. The van der Waals surface area contributed by atoms with Crippen LogP contribution in [-0.4, -0.2) is 23.1 Å². The number of carbonyl (C=O) groups excluding carboxylic acids is 2. The number of benzene rings is 1. The maximum atomic E-state index is 12.2. The third kappa shape index (κ3) is 5.57. The summed E-state index contributed by atoms with van der Waals surface area (Å²) < 4.78 is 0. The fraction of sp³-hybridized carbons (Fsp3) is 0.556. The SMILES string of the molecule is CC(C)CCCC(C)NC(=O)CC1Sc2ccccc2NC1=O. The minimum Gasteiger partial charge on any atom is -0.354 e. The lowest BCUT2D eigenvalue weighted by molar-refractivity contribution is -0.124. The number of para-hydroxylation sites is 1. The average Bonchev–Trinajstić information content (AvgIpc) is 2.47. The maximum absolute atomic E-state index is 12.2. The molecule has 2 atom stereocenters. The van der Waals surface area contributed by atoms with E-state index in [1.54, 1.807) is 0 Å². The molecule has 0 radical (unpaired) electrons. The first kappa shape index (κ1) is 17.9. The highest BCUT2D eigenvalue weighted by Crippen LogP contribution is 2.36. The first-order valence-corrected chi connectivity index (χ1v) is 9.19. The molecule has 1 aliphatic heterocycles. The van der Waals surface area contributed by atoms with E-state index in [9.17, 15) is 9.59 Å². The van der Waals surface area contributed by atoms with E-state index in [2.05, 4.69) is 24.5 Å². The topological polar surface area (TPSA) is 58.2 Å². The third-order valence-corrected chi connectivity index (χ3v) is 5.18. The molecule has 23 heavy (non-hydrogen) atoms. The first-order valence-electron chi connectivity index (χ1n) is 8.31. The first-order chi connectivity index (χ1) is 11.0. The monoisotopic (exact) mass is 334 g/mol. The molecular formula is C18H26N2O2S. The molecule has 0 bridgehead atoms. The van der Waals surface area contributed by atoms with Crippen LogP contribution in [0.1, 0.15) is 46.5 Å². The van der Waals surface area contributed by atoms with E-state index in [0.29, 0.717) is 5.92 Å². The highest BCUT2D eigenvalue weighted by Gasteiger charge is 2.28. The minimum absolute atomic E-state index is 0.0471. The second kappa shape index (κ2) is 8.39. The fourth-order valence-corrected chi connectivity index (χ4v) is 3.74. The van der Waals surface area contributed by atoms with Gasteiger partial charge in [0.15, 0.2) is 0 Å². The highest BCUT2D eigenvalue weighted by molar-refractivity contribution is 8.01. The number of anilines is 1. The van der Waals surface area contributed by atoms with Crippen LogP contribution in [-0.2, 0) is 9.59 Å². The zero-order chi connectivity index (χ0) is 16.8. The molecule has 4 nitrogen and oxygen atoms in total. The van der Waals surface area contributed by atoms with Crippen LogP contribution in [0.2, 0.25) is 0 Å². The van der Waals surface area contributed by atoms with Crippen molar-refractivity contribution < 1.29 is 9.59 Å². The van der Waals surface area contributed by atoms with Gasteiger partial charge in [-0.15, -0.1) is 11.8 Å². The molecule has 2 amide bonds. The van der Waals surface area contributed by atoms with Gasteiger partial charge in [-0.2, -0.15) is 0 Å². The van der Waals surface area contributed by atoms with Gasteiger partial charge in [0.2, 0.25) is 11.8 Å². The Hall–Kier alpha value is -1.49. The number of amides is 2. The van der Waals surface area contributed by atoms with E-state index in [4.69, 9.17) is 0 Å². The minimum atomic E-state index is -0.354. The standard InChI is InChI=1S/C18H26N2O2S/c1-12(2)7-6-8-13(3)19-17(21)11-16-18(22)20-14-9-4-5-10-15(14)23-16/h4-5,9-10,12-13,16H,6-8,11H2,1-3H3,(H,19,21)(H,20,22). The zero-order valence-electron chi connectivity index (χ0n) is 14.1. The molecular weight excluding hydrogens is 308 g/mol. The summed E-state index contributed by atoms with van der Waals surface area (Å²) in [5, 5.41) is 5.53. The van der Waals surface area contributed by atoms with E-state index in [1.807, 2.05) is 31.2 Å². The fourth-order valence-electron chi connectivity index (χ4n) is 2.63. The Balaban J connectivity index is 1.80. The molecule has 0 aliphatic carbocycles. The molecule has 0 fully saturated rings. The van der Waals surface area contributed by atoms with Gasteiger partial charge in [0, 0.05) is 17.4 Å². The van der Waals surface area contributed by atoms with Crippen LogP contribution in [0.25, 0.3) is 0 Å². The lowest BCUT2D eigenvalue weighted by Gasteiger charge is -2.24. The Morgan fingerprint density at radius 1 is 1.26 bits per heavy atom. The predicted molar refractivity (Wildman–Crippen MR) is 95.6 cm³/mol. The van der Waals surface area contributed by atoms with E-state index in [1.165, 1.54) is 18.2 Å². The van der Waals surface area contributed by atoms with Crippen LogP contribution in [0.15, 0.2) is 29.2 Å². The molecule has 5 heteroatoms. The van der Waals surface area contributed by atoms with Crippen LogP contribution in [0.3, 0.4) is 0 Å². The summed E-state index contributed by atoms with van der Waals surface area (Å²) in [5.74, 6) is 0.561. The lowest BCUT2D eigenvalue weighted by atomic mass is 10.0. The summed E-state index contributed by atoms with van der Waals surface area (Å²) in [5.41, 5.74) is 0.834. The summed E-state index contributed by atoms with van der Waals surface area (Å²) in [6.45, 7) is 6.45. The Labute approximate surface area is 142 Å². The van der Waals surface area contributed by atoms with Crippen molar-refractivity contribution in [2.24, 2.45) is 5.92 Å². The summed E-state index contributed by atoms with van der Waals surface area (Å²) in [6, 6.07) is 7.85. The average molecular weight is 334 g/mol. The largest absolute Gasteiger partial charge is 0.354 e. The summed E-state index contributed by atoms with van der Waals surface area (Å²) in [6.07, 6.45) is 3.50. The van der Waals surface area contributed by atoms with Crippen LogP contribution < -0.4 is 10.6 Å². The second-order valence-electron chi connectivity index (χ2n) is 6.59. The molecule has 1 aliphatic rings. The van der Waals surface area contributed by atoms with Gasteiger partial charge in [-0.3, -0.25) is 9.59 Å². The molecule has 1 aromatic carbocycles. The zero-order valence-corrected chi connectivity index (χ0v) is 14.9. The van der Waals surface area contributed by atoms with Crippen molar-refractivity contribution in [1.82, 2.24) is 5.32 Å². The van der Waals surface area contributed by atoms with Gasteiger partial charge in [-0.1, -0.05) is 38.8 Å². The van der Waals surface area contributed by atoms with Crippen LogP contribution >= 0.6 is 11.8 Å². The Bertz CT molecular complexity index is 560. The quantitative estimate of drug-likeness (QED) is 0.797. The van der Waals surface area contributed by atoms with Gasteiger partial charge < -0.3 is 10.6 Å². The van der Waals surface area contributed by atoms with Crippen molar-refractivity contribution in [3.05, 3.63) is 24.3 Å². The van der Waals surface area contributed by atoms with E-state index >= 15 is 0 Å². The smallest absolute Gasteiger partial charge is 0.238 e. The second-order valence-corrected chi connectivity index (χ2v) is 7.83. The van der Waals surface area contributed by atoms with Gasteiger partial charge in [0.05, 0.1) is 10.9 Å². The Kier molecular flexibility index (Phi) is 6.51. The highest BCUT2D eigenvalue weighted by atomic mass is 32.2. The Morgan fingerprint density at radius 2 is 2.00 bits per heavy atom. The molecule has 1 aromatic rings. The molecule has 0 spiro atoms. The number of rotatable bonds is 7. The summed E-state index contributed by atoms with van der Waals surface area (Å²) >= 11 is 1.47. The van der Waals surface area contributed by atoms with E-state index < -0.39 is 0 Å². The third-order valence-electron chi connectivity index (χ3n) is 3.90. The van der Waals surface area contributed by atoms with E-state index in [0.717, 1.165) is 23.4 Å². The number of hydrogen-bond donors (Lipinski definition) is 2. The van der Waals surface area contributed by atoms with Crippen molar-refractivity contribution in [2.45, 2.75) is 62.6 Å². The molecule has 1 heterocycles. The number of fused-ring (bicyclic) bond motifs is 1. The van der Waals surface area contributed by atoms with Gasteiger partial charge in [0.1, 0.15) is 0 Å². The van der Waals surface area contributed by atoms with Crippen LogP contribution in [0.4, 0.5) is 5.69 Å². The van der Waals surface area contributed by atoms with Gasteiger partial charge in [-0.25, -0.2) is 0 Å². The van der Waals surface area contributed by atoms with Crippen molar-refractivity contribution in [3.8, 4) is 0 Å². The van der Waals surface area contributed by atoms with Gasteiger partial charge >= 0.3 is 0 Å². The van der Waals surface area contributed by atoms with Gasteiger partial charge in [0.25, 0.3) is 0 Å². The van der Waals surface area contributed by atoms with Crippen LogP contribution in [0.5, 0.6) is 0 Å². The molecule has 0 aromatic heterocycles. The molecule has 2 unspecified atom stereocenters. The van der Waals surface area contributed by atoms with Crippen molar-refractivity contribution in [3.63, 3.8) is 0 Å². The van der Waals surface area contributed by atoms with Crippen molar-refractivity contribution in [2.75, 3.05) is 5.32 Å². The molecule has 126 valence electrons. The summed E-state index contributed by atoms with van der Waals surface area (Å²) in [4.78, 5) is 25.3. The summed E-state index contributed by atoms with van der Waals surface area (Å²) in [7, 11) is 0. The lowest BCUT2D eigenvalue weighted by Crippen LogP contribution is -2.38. The molecule has 0 saturated heterocycles. The molecule has 2 N–H and O–H groups in total. The van der Waals surface area contributed by atoms with Crippen molar-refractivity contribution in [1.29, 1.82) is 0 Å². The number of hydrogen-bond acceptors (Lipinski definition) is 3. The Morgan fingerprint density at radius 3 is 2.74 bits per heavy atom. The number of carbonyl (C=O) groups is 2. The van der Waals surface area contributed by atoms with Crippen molar-refractivity contribution >= 4 is 29.3 Å². The van der Waals surface area contributed by atoms with E-state index in [-0.39, 0.29) is 29.5 Å². The van der Waals surface area contributed by atoms with Crippen LogP contribution in [0, 0.1) is 5.92 Å². The molecule has 2 rings (SSSR count). The normalized spacial score (nSPS) is 18.3. The number of thioether (sulfide) groups is 1. The van der Waals surface area contributed by atoms with Gasteiger partial charge in [-0.05, 0) is 31.4 Å². The number of nitrogens with one attached hydrogen (secondary N) is 2. The predicted octanol–water partition coefficient (Wildman–Crippen LogP) is 3.82. The molecule has 0 saturated carbocycles.